The number of nitrogens with zero attached hydrogens (tertiary/aromatic N) is 2. The number of hydrogen-bond donors (Lipinski definition) is 1. The third-order valence-electron chi connectivity index (χ3n) is 5.58. The lowest BCUT2D eigenvalue weighted by Crippen LogP contribution is -2.33. The number of rotatable bonds is 6. The Kier molecular flexibility index (Phi) is 5.21. The van der Waals surface area contributed by atoms with Crippen molar-refractivity contribution in [3.63, 3.8) is 0 Å². The van der Waals surface area contributed by atoms with Crippen LogP contribution in [0.3, 0.4) is 0 Å². The van der Waals surface area contributed by atoms with Crippen molar-refractivity contribution in [2.75, 3.05) is 25.5 Å². The average Bonchev–Trinajstić information content (AvgIpc) is 3.10. The summed E-state index contributed by atoms with van der Waals surface area (Å²) in [5.74, 6) is 0.797. The van der Waals surface area contributed by atoms with Gasteiger partial charge in [-0.05, 0) is 62.4 Å². The fraction of sp³-hybridized carbons (Fsp3) is 0.409. The predicted octanol–water partition coefficient (Wildman–Crippen LogP) is 4.71. The summed E-state index contributed by atoms with van der Waals surface area (Å²) in [7, 11) is 1.92. The number of hydrogen-bond acceptors (Lipinski definition) is 4. The molecule has 0 aliphatic carbocycles. The average molecular weight is 349 g/mol. The Bertz CT molecular complexity index is 835. The standard InChI is InChI=1S/C22H27N3O/c1-23-19-8-9-20-21(24-26-22(20)15-19)10-7-17-11-13-25(14-12-17)16-18-5-3-2-4-6-18/h2-6,8-9,15,17,23H,7,10-14,16H2,1H3. The number of piperidine rings is 1. The van der Waals surface area contributed by atoms with Gasteiger partial charge in [0.1, 0.15) is 0 Å². The zero-order valence-corrected chi connectivity index (χ0v) is 15.4. The summed E-state index contributed by atoms with van der Waals surface area (Å²) >= 11 is 0. The lowest BCUT2D eigenvalue weighted by atomic mass is 9.91. The fourth-order valence-corrected chi connectivity index (χ4v) is 3.94. The fourth-order valence-electron chi connectivity index (χ4n) is 3.94. The van der Waals surface area contributed by atoms with E-state index in [1.807, 2.05) is 13.1 Å². The van der Waals surface area contributed by atoms with Crippen molar-refractivity contribution in [3.05, 3.63) is 59.8 Å². The lowest BCUT2D eigenvalue weighted by Gasteiger charge is -2.31. The second-order valence-electron chi connectivity index (χ2n) is 7.33. The van der Waals surface area contributed by atoms with Gasteiger partial charge in [-0.3, -0.25) is 4.90 Å². The topological polar surface area (TPSA) is 41.3 Å². The number of benzene rings is 2. The van der Waals surface area contributed by atoms with Gasteiger partial charge in [-0.15, -0.1) is 0 Å². The summed E-state index contributed by atoms with van der Waals surface area (Å²) in [4.78, 5) is 2.58. The molecule has 4 nitrogen and oxygen atoms in total. The van der Waals surface area contributed by atoms with Gasteiger partial charge in [0.25, 0.3) is 0 Å². The highest BCUT2D eigenvalue weighted by Gasteiger charge is 2.20. The highest BCUT2D eigenvalue weighted by Crippen LogP contribution is 2.27. The van der Waals surface area contributed by atoms with Gasteiger partial charge in [0.15, 0.2) is 5.58 Å². The zero-order chi connectivity index (χ0) is 17.8. The van der Waals surface area contributed by atoms with Crippen molar-refractivity contribution in [2.45, 2.75) is 32.2 Å². The smallest absolute Gasteiger partial charge is 0.169 e. The van der Waals surface area contributed by atoms with Gasteiger partial charge < -0.3 is 9.84 Å². The number of aromatic nitrogens is 1. The molecule has 1 N–H and O–H groups in total. The van der Waals surface area contributed by atoms with Gasteiger partial charge in [-0.25, -0.2) is 0 Å². The summed E-state index contributed by atoms with van der Waals surface area (Å²) in [5, 5.41) is 8.61. The normalized spacial score (nSPS) is 16.2. The van der Waals surface area contributed by atoms with Gasteiger partial charge in [0.05, 0.1) is 5.69 Å². The van der Waals surface area contributed by atoms with E-state index in [1.165, 1.54) is 37.9 Å². The molecule has 0 saturated carbocycles. The van der Waals surface area contributed by atoms with Crippen molar-refractivity contribution in [1.29, 1.82) is 0 Å². The third-order valence-corrected chi connectivity index (χ3v) is 5.58. The molecule has 136 valence electrons. The highest BCUT2D eigenvalue weighted by atomic mass is 16.5. The Hall–Kier alpha value is -2.33. The molecule has 1 saturated heterocycles. The predicted molar refractivity (Wildman–Crippen MR) is 106 cm³/mol. The summed E-state index contributed by atoms with van der Waals surface area (Å²) in [6.07, 6.45) is 4.78. The quantitative estimate of drug-likeness (QED) is 0.699. The van der Waals surface area contributed by atoms with Crippen LogP contribution in [0.15, 0.2) is 53.1 Å². The van der Waals surface area contributed by atoms with Gasteiger partial charge in [-0.2, -0.15) is 0 Å². The van der Waals surface area contributed by atoms with Crippen LogP contribution in [0.25, 0.3) is 11.0 Å². The van der Waals surface area contributed by atoms with Crippen LogP contribution < -0.4 is 5.32 Å². The van der Waals surface area contributed by atoms with Crippen LogP contribution in [0, 0.1) is 5.92 Å². The summed E-state index contributed by atoms with van der Waals surface area (Å²) in [5.41, 5.74) is 4.46. The molecule has 0 amide bonds. The van der Waals surface area contributed by atoms with E-state index in [4.69, 9.17) is 4.52 Å². The van der Waals surface area contributed by atoms with Crippen LogP contribution in [0.4, 0.5) is 5.69 Å². The molecule has 3 aromatic rings. The molecule has 1 aliphatic rings. The van der Waals surface area contributed by atoms with Crippen LogP contribution in [0.2, 0.25) is 0 Å². The molecule has 1 aliphatic heterocycles. The van der Waals surface area contributed by atoms with Gasteiger partial charge in [0, 0.05) is 30.7 Å². The molecule has 0 spiro atoms. The van der Waals surface area contributed by atoms with E-state index in [0.717, 1.165) is 41.2 Å². The van der Waals surface area contributed by atoms with Crippen LogP contribution in [-0.4, -0.2) is 30.2 Å². The molecule has 2 heterocycles. The number of likely N-dealkylation sites (tertiary alicyclic amines) is 1. The monoisotopic (exact) mass is 349 g/mol. The number of anilines is 1. The first kappa shape index (κ1) is 17.1. The SMILES string of the molecule is CNc1ccc2c(CCC3CCN(Cc4ccccc4)CC3)noc2c1. The third kappa shape index (κ3) is 3.91. The molecular weight excluding hydrogens is 322 g/mol. The number of nitrogens with one attached hydrogen (secondary N) is 1. The van der Waals surface area contributed by atoms with Gasteiger partial charge in [-0.1, -0.05) is 35.5 Å². The van der Waals surface area contributed by atoms with E-state index in [0.29, 0.717) is 0 Å². The van der Waals surface area contributed by atoms with Crippen molar-refractivity contribution in [2.24, 2.45) is 5.92 Å². The van der Waals surface area contributed by atoms with Crippen LogP contribution in [0.1, 0.15) is 30.5 Å². The van der Waals surface area contributed by atoms with Gasteiger partial charge in [0.2, 0.25) is 0 Å². The molecule has 26 heavy (non-hydrogen) atoms. The van der Waals surface area contributed by atoms with Crippen molar-refractivity contribution in [3.8, 4) is 0 Å². The number of aryl methyl sites for hydroxylation is 1. The Morgan fingerprint density at radius 2 is 1.92 bits per heavy atom. The molecule has 1 fully saturated rings. The second kappa shape index (κ2) is 7.92. The minimum atomic E-state index is 0.797. The molecular formula is C22H27N3O. The minimum absolute atomic E-state index is 0.797. The Labute approximate surface area is 155 Å². The Morgan fingerprint density at radius 1 is 1.12 bits per heavy atom. The van der Waals surface area contributed by atoms with E-state index in [-0.39, 0.29) is 0 Å². The first-order valence-electron chi connectivity index (χ1n) is 9.64. The maximum absolute atomic E-state index is 5.52. The van der Waals surface area contributed by atoms with E-state index >= 15 is 0 Å². The zero-order valence-electron chi connectivity index (χ0n) is 15.4. The maximum atomic E-state index is 5.52. The first-order chi connectivity index (χ1) is 12.8. The molecule has 4 rings (SSSR count). The van der Waals surface area contributed by atoms with Crippen LogP contribution in [-0.2, 0) is 13.0 Å². The van der Waals surface area contributed by atoms with Crippen molar-refractivity contribution < 1.29 is 4.52 Å². The molecule has 0 radical (unpaired) electrons. The highest BCUT2D eigenvalue weighted by molar-refractivity contribution is 5.82. The summed E-state index contributed by atoms with van der Waals surface area (Å²) < 4.78 is 5.52. The first-order valence-corrected chi connectivity index (χ1v) is 9.64. The number of fused-ring (bicyclic) bond motifs is 1. The van der Waals surface area contributed by atoms with Crippen LogP contribution in [0.5, 0.6) is 0 Å². The maximum Gasteiger partial charge on any atom is 0.169 e. The van der Waals surface area contributed by atoms with Crippen molar-refractivity contribution >= 4 is 16.7 Å². The summed E-state index contributed by atoms with van der Waals surface area (Å²) in [6.45, 7) is 3.48. The van der Waals surface area contributed by atoms with Crippen molar-refractivity contribution in [1.82, 2.24) is 10.1 Å². The molecule has 2 aromatic carbocycles. The lowest BCUT2D eigenvalue weighted by molar-refractivity contribution is 0.172. The Morgan fingerprint density at radius 3 is 2.69 bits per heavy atom. The van der Waals surface area contributed by atoms with Gasteiger partial charge >= 0.3 is 0 Å². The van der Waals surface area contributed by atoms with E-state index < -0.39 is 0 Å². The molecule has 0 bridgehead atoms. The molecule has 4 heteroatoms. The van der Waals surface area contributed by atoms with Crippen LogP contribution >= 0.6 is 0 Å². The molecule has 1 aromatic heterocycles. The minimum Gasteiger partial charge on any atom is -0.388 e. The Balaban J connectivity index is 1.28. The second-order valence-corrected chi connectivity index (χ2v) is 7.33. The molecule has 0 unspecified atom stereocenters. The summed E-state index contributed by atoms with van der Waals surface area (Å²) in [6, 6.07) is 17.0. The van der Waals surface area contributed by atoms with E-state index in [1.54, 1.807) is 0 Å². The largest absolute Gasteiger partial charge is 0.388 e. The van der Waals surface area contributed by atoms with E-state index in [2.05, 4.69) is 57.8 Å². The molecule has 0 atom stereocenters. The van der Waals surface area contributed by atoms with E-state index in [9.17, 15) is 0 Å².